The minimum absolute atomic E-state index is 0.00634. The summed E-state index contributed by atoms with van der Waals surface area (Å²) in [5, 5.41) is 4.00. The van der Waals surface area contributed by atoms with Crippen LogP contribution in [0.15, 0.2) is 11.1 Å². The summed E-state index contributed by atoms with van der Waals surface area (Å²) in [5.74, 6) is -1.38. The van der Waals surface area contributed by atoms with Crippen LogP contribution in [0.5, 0.6) is 0 Å². The van der Waals surface area contributed by atoms with Crippen molar-refractivity contribution < 1.29 is 9.59 Å². The lowest BCUT2D eigenvalue weighted by atomic mass is 10.0. The summed E-state index contributed by atoms with van der Waals surface area (Å²) in [4.78, 5) is 25.9. The number of amides is 2. The average Bonchev–Trinajstić information content (AvgIpc) is 3.27. The van der Waals surface area contributed by atoms with Gasteiger partial charge in [0.25, 0.3) is 11.8 Å². The van der Waals surface area contributed by atoms with E-state index in [1.807, 2.05) is 0 Å². The van der Waals surface area contributed by atoms with Crippen molar-refractivity contribution in [3.8, 4) is 0 Å². The molecule has 0 radical (unpaired) electrons. The van der Waals surface area contributed by atoms with E-state index in [-0.39, 0.29) is 83.9 Å². The topological polar surface area (TPSA) is 58.2 Å². The number of nitrogens with one attached hydrogen (secondary N) is 2. The Balaban J connectivity index is 2.07. The number of fused-ring (bicyclic) bond motifs is 1. The Morgan fingerprint density at radius 1 is 0.375 bits per heavy atom. The normalized spacial score (nSPS) is 15.6. The maximum atomic E-state index is 12.9. The Hall–Kier alpha value is -0.240. The lowest BCUT2D eigenvalue weighted by molar-refractivity contribution is -0.117. The minimum atomic E-state index is -0.688. The Morgan fingerprint density at radius 2 is 0.594 bits per heavy atom. The third-order valence-electron chi connectivity index (χ3n) is 4.60. The van der Waals surface area contributed by atoms with E-state index in [9.17, 15) is 9.59 Å². The van der Waals surface area contributed by atoms with Crippen molar-refractivity contribution in [2.75, 3.05) is 0 Å². The van der Waals surface area contributed by atoms with Crippen LogP contribution < -0.4 is 10.6 Å². The van der Waals surface area contributed by atoms with E-state index < -0.39 is 11.8 Å². The third kappa shape index (κ3) is 3.51. The third-order valence-corrected chi connectivity index (χ3v) is 9.15. The van der Waals surface area contributed by atoms with E-state index >= 15 is 0 Å². The smallest absolute Gasteiger partial charge is 0.258 e. The van der Waals surface area contributed by atoms with Gasteiger partial charge in [-0.15, -0.1) is 0 Å². The molecule has 2 aromatic carbocycles. The molecule has 2 aromatic rings. The zero-order chi connectivity index (χ0) is 23.8. The highest BCUT2D eigenvalue weighted by molar-refractivity contribution is 6.57. The summed E-state index contributed by atoms with van der Waals surface area (Å²) in [6.45, 7) is 0. The van der Waals surface area contributed by atoms with Crippen molar-refractivity contribution >= 4 is 139 Å². The van der Waals surface area contributed by atoms with Crippen LogP contribution in [-0.2, 0) is 9.59 Å². The molecule has 4 nitrogen and oxygen atoms in total. The fourth-order valence-corrected chi connectivity index (χ4v) is 5.86. The SMILES string of the molecule is O=C1NC(c2c(Cl)c(Cl)c(Cl)c(Cl)c2Cl)=C2C(=O)NC(c3c(Cl)c(Cl)c(Cl)c(Cl)c3Cl)=C12. The first-order valence-electron chi connectivity index (χ1n) is 8.05. The molecule has 0 spiro atoms. The molecule has 0 unspecified atom stereocenters. The Morgan fingerprint density at radius 3 is 0.844 bits per heavy atom. The maximum absolute atomic E-state index is 12.9. The van der Waals surface area contributed by atoms with Crippen LogP contribution in [0.1, 0.15) is 11.1 Å². The highest BCUT2D eigenvalue weighted by Crippen LogP contribution is 2.51. The predicted molar refractivity (Wildman–Crippen MR) is 133 cm³/mol. The molecule has 2 amide bonds. The fourth-order valence-electron chi connectivity index (χ4n) is 3.20. The molecule has 0 atom stereocenters. The van der Waals surface area contributed by atoms with E-state index in [0.29, 0.717) is 0 Å². The number of carbonyl (C=O) groups excluding carboxylic acids is 2. The maximum Gasteiger partial charge on any atom is 0.258 e. The van der Waals surface area contributed by atoms with Crippen molar-refractivity contribution in [1.29, 1.82) is 0 Å². The zero-order valence-electron chi connectivity index (χ0n) is 14.6. The van der Waals surface area contributed by atoms with Crippen LogP contribution >= 0.6 is 116 Å². The van der Waals surface area contributed by atoms with Crippen molar-refractivity contribution in [2.45, 2.75) is 0 Å². The van der Waals surface area contributed by atoms with Crippen molar-refractivity contribution in [1.82, 2.24) is 10.6 Å². The molecule has 0 bridgehead atoms. The van der Waals surface area contributed by atoms with Gasteiger partial charge >= 0.3 is 0 Å². The molecule has 2 heterocycles. The molecular formula is C18H2Cl10N2O2. The highest BCUT2D eigenvalue weighted by atomic mass is 35.5. The van der Waals surface area contributed by atoms with Crippen LogP contribution in [0, 0.1) is 0 Å². The number of hydrogen-bond donors (Lipinski definition) is 2. The fraction of sp³-hybridized carbons (Fsp3) is 0. The zero-order valence-corrected chi connectivity index (χ0v) is 22.2. The number of carbonyl (C=O) groups is 2. The van der Waals surface area contributed by atoms with Gasteiger partial charge in [-0.25, -0.2) is 0 Å². The van der Waals surface area contributed by atoms with Gasteiger partial charge in [0.05, 0.1) is 72.8 Å². The molecule has 2 aliphatic rings. The largest absolute Gasteiger partial charge is 0.320 e. The van der Waals surface area contributed by atoms with Crippen LogP contribution in [-0.4, -0.2) is 11.8 Å². The quantitative estimate of drug-likeness (QED) is 0.257. The summed E-state index contributed by atoms with van der Waals surface area (Å²) >= 11 is 61.9. The number of benzene rings is 2. The Bertz CT molecular complexity index is 1200. The van der Waals surface area contributed by atoms with Crippen LogP contribution in [0.4, 0.5) is 0 Å². The molecule has 2 N–H and O–H groups in total. The van der Waals surface area contributed by atoms with Gasteiger partial charge in [-0.1, -0.05) is 116 Å². The van der Waals surface area contributed by atoms with Gasteiger partial charge < -0.3 is 10.6 Å². The van der Waals surface area contributed by atoms with Crippen LogP contribution in [0.2, 0.25) is 50.2 Å². The van der Waals surface area contributed by atoms with Crippen LogP contribution in [0.3, 0.4) is 0 Å². The van der Waals surface area contributed by atoms with E-state index in [4.69, 9.17) is 116 Å². The van der Waals surface area contributed by atoms with Gasteiger partial charge in [0, 0.05) is 11.1 Å². The summed E-state index contributed by atoms with van der Waals surface area (Å²) in [5.41, 5.74) is -0.258. The number of halogens is 10. The van der Waals surface area contributed by atoms with Gasteiger partial charge in [0.15, 0.2) is 0 Å². The van der Waals surface area contributed by atoms with Crippen molar-refractivity contribution in [2.24, 2.45) is 0 Å². The summed E-state index contributed by atoms with van der Waals surface area (Å²) in [6, 6.07) is 0. The Kier molecular flexibility index (Phi) is 6.81. The van der Waals surface area contributed by atoms with Gasteiger partial charge in [-0.2, -0.15) is 0 Å². The molecule has 14 heteroatoms. The standard InChI is InChI=1S/C18H2Cl10N2O2/c19-5-3(6(20)10(24)13(27)9(5)23)15-1-2(18(32)29-15)16(30-17(1)31)4-7(21)11(25)14(28)12(26)8(4)22/h(H,29,32)(H,30,31). The van der Waals surface area contributed by atoms with Gasteiger partial charge in [-0.05, 0) is 0 Å². The molecule has 166 valence electrons. The van der Waals surface area contributed by atoms with Crippen LogP contribution in [0.25, 0.3) is 11.4 Å². The van der Waals surface area contributed by atoms with Gasteiger partial charge in [0.1, 0.15) is 0 Å². The molecule has 4 rings (SSSR count). The Labute approximate surface area is 230 Å². The van der Waals surface area contributed by atoms with Gasteiger partial charge in [-0.3, -0.25) is 9.59 Å². The first-order chi connectivity index (χ1) is 14.9. The molecule has 2 aliphatic heterocycles. The molecule has 0 saturated heterocycles. The molecule has 0 fully saturated rings. The monoisotopic (exact) mass is 628 g/mol. The van der Waals surface area contributed by atoms with Gasteiger partial charge in [0.2, 0.25) is 0 Å². The van der Waals surface area contributed by atoms with Crippen molar-refractivity contribution in [3.63, 3.8) is 0 Å². The second-order valence-corrected chi connectivity index (χ2v) is 10.1. The highest BCUT2D eigenvalue weighted by Gasteiger charge is 2.44. The molecule has 32 heavy (non-hydrogen) atoms. The van der Waals surface area contributed by atoms with E-state index in [2.05, 4.69) is 10.6 Å². The second kappa shape index (κ2) is 8.76. The summed E-state index contributed by atoms with van der Waals surface area (Å²) in [6.07, 6.45) is 0. The van der Waals surface area contributed by atoms with E-state index in [1.165, 1.54) is 0 Å². The average molecular weight is 633 g/mol. The number of rotatable bonds is 2. The summed E-state index contributed by atoms with van der Waals surface area (Å²) < 4.78 is 0. The second-order valence-electron chi connectivity index (χ2n) is 6.30. The lowest BCUT2D eigenvalue weighted by Crippen LogP contribution is -2.22. The van der Waals surface area contributed by atoms with Crippen molar-refractivity contribution in [3.05, 3.63) is 72.5 Å². The molecule has 0 aromatic heterocycles. The summed E-state index contributed by atoms with van der Waals surface area (Å²) in [7, 11) is 0. The molecular weight excluding hydrogens is 631 g/mol. The first-order valence-corrected chi connectivity index (χ1v) is 11.8. The molecule has 0 aliphatic carbocycles. The number of hydrogen-bond acceptors (Lipinski definition) is 2. The van der Waals surface area contributed by atoms with E-state index in [1.54, 1.807) is 0 Å². The molecule has 0 saturated carbocycles. The first kappa shape index (κ1) is 24.9. The lowest BCUT2D eigenvalue weighted by Gasteiger charge is -2.15. The minimum Gasteiger partial charge on any atom is -0.320 e. The van der Waals surface area contributed by atoms with E-state index in [0.717, 1.165) is 0 Å². The predicted octanol–water partition coefficient (Wildman–Crippen LogP) is 8.60.